The van der Waals surface area contributed by atoms with Crippen LogP contribution in [0.5, 0.6) is 0 Å². The lowest BCUT2D eigenvalue weighted by Gasteiger charge is -2.16. The predicted molar refractivity (Wildman–Crippen MR) is 61.8 cm³/mol. The fourth-order valence-corrected chi connectivity index (χ4v) is 0.897. The van der Waals surface area contributed by atoms with E-state index in [1.165, 1.54) is 0 Å². The molecule has 2 nitrogen and oxygen atoms in total. The van der Waals surface area contributed by atoms with E-state index in [2.05, 4.69) is 25.3 Å². The zero-order chi connectivity index (χ0) is 10.5. The van der Waals surface area contributed by atoms with Crippen LogP contribution in [0.2, 0.25) is 0 Å². The summed E-state index contributed by atoms with van der Waals surface area (Å²) in [4.78, 5) is 10.4. The summed E-state index contributed by atoms with van der Waals surface area (Å²) in [6, 6.07) is 0. The molecule has 13 heavy (non-hydrogen) atoms. The SMILES string of the molecule is CC(C)(C=CCC(S)C(=O)O)CS. The van der Waals surface area contributed by atoms with Crippen LogP contribution in [0, 0.1) is 5.41 Å². The second-order valence-corrected chi connectivity index (χ2v) is 4.58. The van der Waals surface area contributed by atoms with Crippen molar-refractivity contribution in [3.05, 3.63) is 12.2 Å². The van der Waals surface area contributed by atoms with Crippen molar-refractivity contribution in [3.8, 4) is 0 Å². The first-order chi connectivity index (χ1) is 5.89. The number of aliphatic carboxylic acids is 1. The van der Waals surface area contributed by atoms with Crippen LogP contribution in [0.25, 0.3) is 0 Å². The van der Waals surface area contributed by atoms with Crippen molar-refractivity contribution in [2.24, 2.45) is 5.41 Å². The Kier molecular flexibility index (Phi) is 5.56. The molecule has 0 aromatic carbocycles. The van der Waals surface area contributed by atoms with Crippen molar-refractivity contribution >= 4 is 31.2 Å². The number of thiol groups is 2. The minimum Gasteiger partial charge on any atom is -0.480 e. The summed E-state index contributed by atoms with van der Waals surface area (Å²) in [6.45, 7) is 4.09. The van der Waals surface area contributed by atoms with Crippen LogP contribution in [0.15, 0.2) is 12.2 Å². The summed E-state index contributed by atoms with van der Waals surface area (Å²) >= 11 is 8.09. The Labute approximate surface area is 90.2 Å². The van der Waals surface area contributed by atoms with Crippen LogP contribution in [0.1, 0.15) is 20.3 Å². The molecule has 0 aliphatic carbocycles. The molecule has 4 heteroatoms. The predicted octanol–water partition coefficient (Wildman–Crippen LogP) is 2.27. The Morgan fingerprint density at radius 1 is 1.62 bits per heavy atom. The van der Waals surface area contributed by atoms with E-state index in [0.29, 0.717) is 6.42 Å². The Morgan fingerprint density at radius 2 is 2.15 bits per heavy atom. The minimum absolute atomic E-state index is 0.0229. The number of allylic oxidation sites excluding steroid dienone is 2. The maximum Gasteiger partial charge on any atom is 0.316 e. The molecule has 0 heterocycles. The third-order valence-corrected chi connectivity index (χ3v) is 2.87. The van der Waals surface area contributed by atoms with Gasteiger partial charge in [0.1, 0.15) is 5.25 Å². The number of carbonyl (C=O) groups is 1. The second-order valence-electron chi connectivity index (χ2n) is 3.64. The molecular formula is C9H16O2S2. The molecule has 1 N–H and O–H groups in total. The molecule has 0 rings (SSSR count). The van der Waals surface area contributed by atoms with E-state index in [9.17, 15) is 4.79 Å². The van der Waals surface area contributed by atoms with Gasteiger partial charge in [0.25, 0.3) is 0 Å². The van der Waals surface area contributed by atoms with Crippen LogP contribution >= 0.6 is 25.3 Å². The van der Waals surface area contributed by atoms with Crippen molar-refractivity contribution < 1.29 is 9.90 Å². The van der Waals surface area contributed by atoms with E-state index < -0.39 is 11.2 Å². The maximum atomic E-state index is 10.4. The van der Waals surface area contributed by atoms with Gasteiger partial charge < -0.3 is 5.11 Å². The molecule has 1 unspecified atom stereocenters. The number of hydrogen-bond donors (Lipinski definition) is 3. The summed E-state index contributed by atoms with van der Waals surface area (Å²) in [5.74, 6) is -0.134. The largest absolute Gasteiger partial charge is 0.480 e. The fourth-order valence-electron chi connectivity index (χ4n) is 0.669. The third-order valence-electron chi connectivity index (χ3n) is 1.62. The molecule has 0 amide bonds. The summed E-state index contributed by atoms with van der Waals surface area (Å²) < 4.78 is 0. The zero-order valence-corrected chi connectivity index (χ0v) is 9.69. The van der Waals surface area contributed by atoms with E-state index in [-0.39, 0.29) is 5.41 Å². The van der Waals surface area contributed by atoms with Gasteiger partial charge in [-0.2, -0.15) is 25.3 Å². The average molecular weight is 220 g/mol. The van der Waals surface area contributed by atoms with Gasteiger partial charge in [-0.05, 0) is 17.6 Å². The van der Waals surface area contributed by atoms with Crippen LogP contribution in [0.4, 0.5) is 0 Å². The normalized spacial score (nSPS) is 14.8. The van der Waals surface area contributed by atoms with E-state index in [4.69, 9.17) is 5.11 Å². The smallest absolute Gasteiger partial charge is 0.316 e. The zero-order valence-electron chi connectivity index (χ0n) is 7.90. The molecule has 76 valence electrons. The Morgan fingerprint density at radius 3 is 2.54 bits per heavy atom. The van der Waals surface area contributed by atoms with Gasteiger partial charge in [0.15, 0.2) is 0 Å². The molecule has 1 atom stereocenters. The maximum absolute atomic E-state index is 10.4. The van der Waals surface area contributed by atoms with Crippen LogP contribution < -0.4 is 0 Å². The lowest BCUT2D eigenvalue weighted by atomic mass is 9.95. The van der Waals surface area contributed by atoms with E-state index >= 15 is 0 Å². The molecule has 0 saturated heterocycles. The van der Waals surface area contributed by atoms with Crippen LogP contribution in [0.3, 0.4) is 0 Å². The van der Waals surface area contributed by atoms with E-state index in [0.717, 1.165) is 5.75 Å². The van der Waals surface area contributed by atoms with Crippen molar-refractivity contribution in [3.63, 3.8) is 0 Å². The van der Waals surface area contributed by atoms with Gasteiger partial charge >= 0.3 is 5.97 Å². The molecular weight excluding hydrogens is 204 g/mol. The van der Waals surface area contributed by atoms with Crippen molar-refractivity contribution in [1.29, 1.82) is 0 Å². The van der Waals surface area contributed by atoms with E-state index in [1.54, 1.807) is 0 Å². The highest BCUT2D eigenvalue weighted by Crippen LogP contribution is 2.19. The Bertz CT molecular complexity index is 200. The Hall–Kier alpha value is -0.0900. The number of carboxylic acids is 1. The number of carboxylic acid groups (broad SMARTS) is 1. The molecule has 0 aromatic heterocycles. The summed E-state index contributed by atoms with van der Waals surface area (Å²) in [5, 5.41) is 7.94. The first-order valence-electron chi connectivity index (χ1n) is 4.08. The van der Waals surface area contributed by atoms with Crippen LogP contribution in [-0.2, 0) is 4.79 Å². The monoisotopic (exact) mass is 220 g/mol. The van der Waals surface area contributed by atoms with Gasteiger partial charge in [-0.3, -0.25) is 4.79 Å². The van der Waals surface area contributed by atoms with Crippen LogP contribution in [-0.4, -0.2) is 22.1 Å². The third kappa shape index (κ3) is 6.05. The summed E-state index contributed by atoms with van der Waals surface area (Å²) in [7, 11) is 0. The lowest BCUT2D eigenvalue weighted by molar-refractivity contribution is -0.136. The standard InChI is InChI=1S/C9H16O2S2/c1-9(2,6-12)5-3-4-7(13)8(10)11/h3,5,7,12-13H,4,6H2,1-2H3,(H,10,11). The average Bonchev–Trinajstić information content (AvgIpc) is 2.04. The molecule has 0 aliphatic heterocycles. The molecule has 0 aromatic rings. The van der Waals surface area contributed by atoms with Gasteiger partial charge in [-0.25, -0.2) is 0 Å². The van der Waals surface area contributed by atoms with E-state index in [1.807, 2.05) is 26.0 Å². The highest BCUT2D eigenvalue weighted by atomic mass is 32.1. The Balaban J connectivity index is 3.94. The van der Waals surface area contributed by atoms with Gasteiger partial charge in [0, 0.05) is 0 Å². The topological polar surface area (TPSA) is 37.3 Å². The minimum atomic E-state index is -0.878. The highest BCUT2D eigenvalue weighted by Gasteiger charge is 2.12. The molecule has 0 spiro atoms. The molecule has 0 bridgehead atoms. The highest BCUT2D eigenvalue weighted by molar-refractivity contribution is 7.81. The van der Waals surface area contributed by atoms with Crippen molar-refractivity contribution in [2.45, 2.75) is 25.5 Å². The van der Waals surface area contributed by atoms with Gasteiger partial charge in [0.2, 0.25) is 0 Å². The summed E-state index contributed by atoms with van der Waals surface area (Å²) in [5.41, 5.74) is 0.0229. The first-order valence-corrected chi connectivity index (χ1v) is 5.23. The van der Waals surface area contributed by atoms with Gasteiger partial charge in [-0.15, -0.1) is 0 Å². The quantitative estimate of drug-likeness (QED) is 0.491. The van der Waals surface area contributed by atoms with Gasteiger partial charge in [-0.1, -0.05) is 26.0 Å². The first kappa shape index (κ1) is 12.9. The molecule has 0 aliphatic rings. The molecule has 0 saturated carbocycles. The summed E-state index contributed by atoms with van der Waals surface area (Å²) in [6.07, 6.45) is 4.28. The lowest BCUT2D eigenvalue weighted by Crippen LogP contribution is -2.13. The molecule has 0 radical (unpaired) electrons. The number of rotatable bonds is 5. The fraction of sp³-hybridized carbons (Fsp3) is 0.667. The second kappa shape index (κ2) is 5.60. The molecule has 0 fully saturated rings. The van der Waals surface area contributed by atoms with Crippen molar-refractivity contribution in [2.75, 3.05) is 5.75 Å². The van der Waals surface area contributed by atoms with Crippen molar-refractivity contribution in [1.82, 2.24) is 0 Å². The van der Waals surface area contributed by atoms with Gasteiger partial charge in [0.05, 0.1) is 0 Å². The number of hydrogen-bond acceptors (Lipinski definition) is 3.